The quantitative estimate of drug-likeness (QED) is 0.172. The lowest BCUT2D eigenvalue weighted by Gasteiger charge is -2.31. The van der Waals surface area contributed by atoms with Gasteiger partial charge in [0.15, 0.2) is 5.82 Å². The highest BCUT2D eigenvalue weighted by atomic mass is 35.5. The zero-order valence-electron chi connectivity index (χ0n) is 25.6. The molecule has 7 nitrogen and oxygen atoms in total. The van der Waals surface area contributed by atoms with Crippen molar-refractivity contribution in [3.05, 3.63) is 81.1 Å². The Bertz CT molecular complexity index is 1690. The summed E-state index contributed by atoms with van der Waals surface area (Å²) in [5, 5.41) is 8.15. The Morgan fingerprint density at radius 1 is 1.14 bits per heavy atom. The second-order valence-corrected chi connectivity index (χ2v) is 13.1. The van der Waals surface area contributed by atoms with E-state index in [4.69, 9.17) is 11.6 Å². The first kappa shape index (κ1) is 30.5. The van der Waals surface area contributed by atoms with Crippen molar-refractivity contribution < 1.29 is 4.39 Å². The van der Waals surface area contributed by atoms with Crippen molar-refractivity contribution in [3.63, 3.8) is 0 Å². The van der Waals surface area contributed by atoms with Gasteiger partial charge in [-0.25, -0.2) is 9.18 Å². The van der Waals surface area contributed by atoms with Crippen LogP contribution in [0.1, 0.15) is 82.4 Å². The molecule has 4 heterocycles. The van der Waals surface area contributed by atoms with Crippen LogP contribution in [0.15, 0.2) is 58.4 Å². The van der Waals surface area contributed by atoms with Crippen molar-refractivity contribution in [1.82, 2.24) is 25.2 Å². The lowest BCUT2D eigenvalue weighted by molar-refractivity contribution is 0.312. The summed E-state index contributed by atoms with van der Waals surface area (Å²) < 4.78 is 16.7. The van der Waals surface area contributed by atoms with Crippen LogP contribution in [-0.4, -0.2) is 39.5 Å². The molecule has 0 unspecified atom stereocenters. The zero-order chi connectivity index (χ0) is 30.6. The third kappa shape index (κ3) is 7.08. The number of hydrogen-bond acceptors (Lipinski definition) is 5. The highest BCUT2D eigenvalue weighted by molar-refractivity contribution is 6.31. The Labute approximate surface area is 263 Å². The Morgan fingerprint density at radius 2 is 1.98 bits per heavy atom. The van der Waals surface area contributed by atoms with E-state index in [2.05, 4.69) is 51.6 Å². The van der Waals surface area contributed by atoms with Gasteiger partial charge in [-0.3, -0.25) is 9.56 Å². The normalized spacial score (nSPS) is 18.7. The van der Waals surface area contributed by atoms with Gasteiger partial charge in [0, 0.05) is 48.7 Å². The molecular formula is C35H42ClFN6O. The minimum Gasteiger partial charge on any atom is -0.374 e. The number of aromatic amines is 1. The summed E-state index contributed by atoms with van der Waals surface area (Å²) in [7, 11) is 0. The molecular weight excluding hydrogens is 575 g/mol. The van der Waals surface area contributed by atoms with Crippen molar-refractivity contribution in [2.45, 2.75) is 83.7 Å². The van der Waals surface area contributed by atoms with Crippen molar-refractivity contribution in [2.24, 2.45) is 10.9 Å². The van der Waals surface area contributed by atoms with Gasteiger partial charge in [0.25, 0.3) is 0 Å². The molecule has 0 bridgehead atoms. The molecule has 0 radical (unpaired) electrons. The van der Waals surface area contributed by atoms with Gasteiger partial charge in [-0.15, -0.1) is 0 Å². The van der Waals surface area contributed by atoms with Gasteiger partial charge in [-0.2, -0.15) is 4.98 Å². The highest BCUT2D eigenvalue weighted by Gasteiger charge is 2.22. The van der Waals surface area contributed by atoms with E-state index in [0.717, 1.165) is 80.5 Å². The number of nitrogens with zero attached hydrogens (tertiary/aromatic N) is 3. The van der Waals surface area contributed by atoms with E-state index in [0.29, 0.717) is 34.9 Å². The van der Waals surface area contributed by atoms with Crippen molar-refractivity contribution >= 4 is 28.5 Å². The van der Waals surface area contributed by atoms with Gasteiger partial charge in [0.05, 0.1) is 22.2 Å². The fourth-order valence-electron chi connectivity index (χ4n) is 6.48. The van der Waals surface area contributed by atoms with Gasteiger partial charge in [-0.05, 0) is 85.9 Å². The summed E-state index contributed by atoms with van der Waals surface area (Å²) in [4.78, 5) is 25.0. The fraction of sp³-hybridized carbons (Fsp3) is 0.457. The van der Waals surface area contributed by atoms with Crippen LogP contribution in [-0.2, 0) is 6.42 Å². The molecule has 1 fully saturated rings. The number of nitrogens with one attached hydrogen (secondary N) is 3. The molecule has 0 saturated carbocycles. The summed E-state index contributed by atoms with van der Waals surface area (Å²) in [5.41, 5.74) is 3.92. The van der Waals surface area contributed by atoms with Gasteiger partial charge in [0.1, 0.15) is 5.65 Å². The lowest BCUT2D eigenvalue weighted by atomic mass is 9.92. The molecule has 232 valence electrons. The molecule has 3 N–H and O–H groups in total. The molecule has 0 spiro atoms. The number of amidine groups is 1. The van der Waals surface area contributed by atoms with Crippen LogP contribution < -0.4 is 16.3 Å². The highest BCUT2D eigenvalue weighted by Crippen LogP contribution is 2.32. The number of H-pyrrole nitrogens is 1. The van der Waals surface area contributed by atoms with E-state index in [1.165, 1.54) is 18.4 Å². The number of piperidine rings is 1. The number of aliphatic imine (C=N–C) groups is 1. The minimum atomic E-state index is -0.477. The second kappa shape index (κ2) is 13.7. The Morgan fingerprint density at radius 3 is 2.75 bits per heavy atom. The third-order valence-electron chi connectivity index (χ3n) is 8.89. The van der Waals surface area contributed by atoms with Gasteiger partial charge >= 0.3 is 5.69 Å². The van der Waals surface area contributed by atoms with Gasteiger partial charge in [0.2, 0.25) is 0 Å². The van der Waals surface area contributed by atoms with Crippen molar-refractivity contribution in [2.75, 3.05) is 13.1 Å². The van der Waals surface area contributed by atoms with E-state index in [1.54, 1.807) is 16.8 Å². The molecule has 6 rings (SSSR count). The number of rotatable bonds is 10. The summed E-state index contributed by atoms with van der Waals surface area (Å²) in [6, 6.07) is 14.3. The summed E-state index contributed by atoms with van der Waals surface area (Å²) in [5.74, 6) is 1.29. The molecule has 2 aromatic heterocycles. The molecule has 2 aliphatic rings. The number of fused-ring (bicyclic) bond motifs is 1. The van der Waals surface area contributed by atoms with Crippen LogP contribution in [0.5, 0.6) is 0 Å². The second-order valence-electron chi connectivity index (χ2n) is 12.7. The fourth-order valence-corrected chi connectivity index (χ4v) is 6.72. The molecule has 4 aromatic rings. The lowest BCUT2D eigenvalue weighted by Crippen LogP contribution is -2.39. The summed E-state index contributed by atoms with van der Waals surface area (Å²) in [6.07, 6.45) is 11.5. The average molecular weight is 617 g/mol. The third-order valence-corrected chi connectivity index (χ3v) is 9.16. The monoisotopic (exact) mass is 616 g/mol. The average Bonchev–Trinajstić information content (AvgIpc) is 3.68. The SMILES string of the molecule is CC(C)CCCc1cc(Cl)c(F)c(-c2cc3cn(-c4ccc([C@H]5CCC[C@H](CCNC6=NCCC6)N5)cc4)c(=O)nc3[nH]2)c1. The van der Waals surface area contributed by atoms with Crippen molar-refractivity contribution in [3.8, 4) is 16.9 Å². The first-order chi connectivity index (χ1) is 21.3. The Kier molecular flexibility index (Phi) is 9.47. The maximum absolute atomic E-state index is 15.2. The van der Waals surface area contributed by atoms with Gasteiger partial charge < -0.3 is 15.6 Å². The molecule has 44 heavy (non-hydrogen) atoms. The largest absolute Gasteiger partial charge is 0.374 e. The smallest absolute Gasteiger partial charge is 0.354 e. The Balaban J connectivity index is 1.16. The Hall–Kier alpha value is -3.49. The zero-order valence-corrected chi connectivity index (χ0v) is 26.4. The van der Waals surface area contributed by atoms with E-state index in [9.17, 15) is 4.79 Å². The van der Waals surface area contributed by atoms with E-state index < -0.39 is 11.5 Å². The molecule has 9 heteroatoms. The van der Waals surface area contributed by atoms with E-state index in [1.807, 2.05) is 24.3 Å². The predicted octanol–water partition coefficient (Wildman–Crippen LogP) is 7.51. The molecule has 2 aliphatic heterocycles. The topological polar surface area (TPSA) is 87.1 Å². The molecule has 2 aromatic carbocycles. The van der Waals surface area contributed by atoms with E-state index >= 15 is 4.39 Å². The molecule has 0 aliphatic carbocycles. The standard InChI is InChI=1S/C35H42ClFN6O/c1-22(2)6-3-7-23-18-28(33(37)29(36)19-23)31-20-25-21-43(35(44)42-34(25)41-31)27-13-11-24(12-14-27)30-9-4-8-26(40-30)15-17-39-32-10-5-16-38-32/h11-14,18-22,26,30,40H,3-10,15-17H2,1-2H3,(H,38,39)(H,41,42,44)/t26-,30-/m1/s1. The molecule has 2 atom stereocenters. The van der Waals surface area contributed by atoms with Crippen LogP contribution in [0.2, 0.25) is 5.02 Å². The first-order valence-electron chi connectivity index (χ1n) is 16.1. The van der Waals surface area contributed by atoms with Crippen LogP contribution in [0.3, 0.4) is 0 Å². The van der Waals surface area contributed by atoms with Crippen molar-refractivity contribution in [1.29, 1.82) is 0 Å². The maximum atomic E-state index is 15.2. The van der Waals surface area contributed by atoms with Crippen LogP contribution in [0.4, 0.5) is 4.39 Å². The van der Waals surface area contributed by atoms with Crippen LogP contribution in [0.25, 0.3) is 28.0 Å². The van der Waals surface area contributed by atoms with Crippen LogP contribution in [0, 0.1) is 11.7 Å². The van der Waals surface area contributed by atoms with Crippen LogP contribution >= 0.6 is 11.6 Å². The number of aryl methyl sites for hydroxylation is 1. The summed E-state index contributed by atoms with van der Waals surface area (Å²) >= 11 is 6.29. The molecule has 0 amide bonds. The minimum absolute atomic E-state index is 0.0998. The van der Waals surface area contributed by atoms with E-state index in [-0.39, 0.29) is 5.02 Å². The number of hydrogen-bond donors (Lipinski definition) is 3. The first-order valence-corrected chi connectivity index (χ1v) is 16.5. The summed E-state index contributed by atoms with van der Waals surface area (Å²) in [6.45, 7) is 6.29. The predicted molar refractivity (Wildman–Crippen MR) is 178 cm³/mol. The maximum Gasteiger partial charge on any atom is 0.354 e. The molecule has 1 saturated heterocycles. The number of aromatic nitrogens is 3. The number of benzene rings is 2. The number of halogens is 2. The van der Waals surface area contributed by atoms with Gasteiger partial charge in [-0.1, -0.05) is 50.4 Å².